The molecule has 2 aromatic rings. The highest BCUT2D eigenvalue weighted by Gasteiger charge is 2.09. The fourth-order valence-electron chi connectivity index (χ4n) is 2.12. The van der Waals surface area contributed by atoms with E-state index in [2.05, 4.69) is 10.3 Å². The van der Waals surface area contributed by atoms with Gasteiger partial charge in [-0.1, -0.05) is 12.1 Å². The molecule has 0 aliphatic carbocycles. The van der Waals surface area contributed by atoms with Crippen LogP contribution in [-0.2, 0) is 24.8 Å². The molecule has 6 nitrogen and oxygen atoms in total. The van der Waals surface area contributed by atoms with E-state index in [1.807, 2.05) is 36.7 Å². The third-order valence-corrected chi connectivity index (χ3v) is 3.20. The number of carbonyl (C=O) groups is 1. The van der Waals surface area contributed by atoms with E-state index in [-0.39, 0.29) is 18.1 Å². The predicted octanol–water partition coefficient (Wildman–Crippen LogP) is 1.05. The third kappa shape index (κ3) is 3.75. The summed E-state index contributed by atoms with van der Waals surface area (Å²) in [6.45, 7) is 0.426. The number of nitrogens with zero attached hydrogens (tertiary/aromatic N) is 3. The molecular formula is C15H20N4O2. The summed E-state index contributed by atoms with van der Waals surface area (Å²) in [5, 5.41) is 12.2. The van der Waals surface area contributed by atoms with Gasteiger partial charge in [0.1, 0.15) is 5.75 Å². The quantitative estimate of drug-likeness (QED) is 0.863. The highest BCUT2D eigenvalue weighted by molar-refractivity contribution is 5.78. The van der Waals surface area contributed by atoms with Crippen LogP contribution in [0, 0.1) is 0 Å². The number of imidazole rings is 1. The number of benzene rings is 1. The van der Waals surface area contributed by atoms with Gasteiger partial charge in [-0.25, -0.2) is 4.98 Å². The fourth-order valence-corrected chi connectivity index (χ4v) is 2.12. The fraction of sp³-hybridized carbons (Fsp3) is 0.333. The van der Waals surface area contributed by atoms with E-state index in [1.165, 1.54) is 0 Å². The van der Waals surface area contributed by atoms with Crippen LogP contribution in [0.3, 0.4) is 0 Å². The maximum atomic E-state index is 11.9. The number of carbonyl (C=O) groups excluding carboxylic acids is 1. The predicted molar refractivity (Wildman–Crippen MR) is 81.2 cm³/mol. The van der Waals surface area contributed by atoms with Crippen molar-refractivity contribution in [1.29, 1.82) is 0 Å². The number of hydrogen-bond donors (Lipinski definition) is 2. The molecule has 6 heteroatoms. The van der Waals surface area contributed by atoms with Crippen molar-refractivity contribution in [1.82, 2.24) is 14.9 Å². The minimum atomic E-state index is -0.0896. The molecule has 1 aromatic heterocycles. The number of hydrogen-bond acceptors (Lipinski definition) is 4. The lowest BCUT2D eigenvalue weighted by molar-refractivity contribution is -0.120. The molecule has 21 heavy (non-hydrogen) atoms. The normalized spacial score (nSPS) is 10.4. The van der Waals surface area contributed by atoms with Crippen LogP contribution in [0.15, 0.2) is 30.5 Å². The van der Waals surface area contributed by atoms with Gasteiger partial charge in [0.25, 0.3) is 0 Å². The van der Waals surface area contributed by atoms with Crippen LogP contribution in [0.1, 0.15) is 11.3 Å². The maximum absolute atomic E-state index is 11.9. The summed E-state index contributed by atoms with van der Waals surface area (Å²) in [5.41, 5.74) is 1.72. The van der Waals surface area contributed by atoms with Crippen molar-refractivity contribution in [2.75, 3.05) is 19.0 Å². The van der Waals surface area contributed by atoms with Gasteiger partial charge in [0.05, 0.1) is 24.9 Å². The van der Waals surface area contributed by atoms with E-state index < -0.39 is 0 Å². The van der Waals surface area contributed by atoms with E-state index in [9.17, 15) is 9.90 Å². The molecule has 0 unspecified atom stereocenters. The molecule has 0 aliphatic heterocycles. The van der Waals surface area contributed by atoms with E-state index in [0.29, 0.717) is 6.54 Å². The number of phenolic OH excluding ortho intramolecular Hbond substituents is 1. The van der Waals surface area contributed by atoms with Crippen LogP contribution >= 0.6 is 0 Å². The first kappa shape index (κ1) is 14.9. The highest BCUT2D eigenvalue weighted by atomic mass is 16.3. The molecule has 0 radical (unpaired) electrons. The van der Waals surface area contributed by atoms with Crippen LogP contribution in [0.5, 0.6) is 5.75 Å². The Morgan fingerprint density at radius 3 is 2.81 bits per heavy atom. The highest BCUT2D eigenvalue weighted by Crippen LogP contribution is 2.12. The Kier molecular flexibility index (Phi) is 4.47. The van der Waals surface area contributed by atoms with Gasteiger partial charge in [-0.3, -0.25) is 4.79 Å². The van der Waals surface area contributed by atoms with Gasteiger partial charge in [0, 0.05) is 21.1 Å². The van der Waals surface area contributed by atoms with Crippen molar-refractivity contribution in [3.8, 4) is 5.75 Å². The Hall–Kier alpha value is -2.50. The molecule has 1 aromatic carbocycles. The molecule has 112 valence electrons. The van der Waals surface area contributed by atoms with Gasteiger partial charge < -0.3 is 19.9 Å². The molecule has 1 amide bonds. The zero-order chi connectivity index (χ0) is 15.4. The second-order valence-corrected chi connectivity index (χ2v) is 5.13. The number of aromatic hydroxyl groups is 1. The third-order valence-electron chi connectivity index (χ3n) is 3.20. The Labute approximate surface area is 124 Å². The van der Waals surface area contributed by atoms with Crippen molar-refractivity contribution < 1.29 is 9.90 Å². The largest absolute Gasteiger partial charge is 0.508 e. The van der Waals surface area contributed by atoms with Gasteiger partial charge in [-0.05, 0) is 17.7 Å². The monoisotopic (exact) mass is 288 g/mol. The molecule has 2 N–H and O–H groups in total. The number of phenols is 1. The second kappa shape index (κ2) is 6.30. The zero-order valence-corrected chi connectivity index (χ0v) is 12.5. The van der Waals surface area contributed by atoms with Crippen molar-refractivity contribution in [2.24, 2.45) is 7.05 Å². The lowest BCUT2D eigenvalue weighted by Crippen LogP contribution is -2.25. The van der Waals surface area contributed by atoms with E-state index in [0.717, 1.165) is 17.2 Å². The Morgan fingerprint density at radius 1 is 1.43 bits per heavy atom. The van der Waals surface area contributed by atoms with Gasteiger partial charge in [-0.15, -0.1) is 0 Å². The molecule has 0 atom stereocenters. The molecule has 1 heterocycles. The van der Waals surface area contributed by atoms with Crippen LogP contribution in [0.25, 0.3) is 0 Å². The molecule has 0 aliphatic rings. The minimum absolute atomic E-state index is 0.0896. The van der Waals surface area contributed by atoms with Crippen molar-refractivity contribution >= 4 is 11.9 Å². The molecule has 0 bridgehead atoms. The summed E-state index contributed by atoms with van der Waals surface area (Å²) in [7, 11) is 5.76. The number of anilines is 1. The number of rotatable bonds is 5. The molecule has 2 rings (SSSR count). The summed E-state index contributed by atoms with van der Waals surface area (Å²) < 4.78 is 1.94. The topological polar surface area (TPSA) is 70.4 Å². The van der Waals surface area contributed by atoms with Crippen LogP contribution in [0.4, 0.5) is 5.95 Å². The van der Waals surface area contributed by atoms with E-state index in [1.54, 1.807) is 24.4 Å². The SMILES string of the molecule is CN(C)c1ncc(CNC(=O)Cc2cccc(O)c2)n1C. The Bertz CT molecular complexity index is 634. The van der Waals surface area contributed by atoms with E-state index in [4.69, 9.17) is 0 Å². The number of amides is 1. The standard InChI is InChI=1S/C15H20N4O2/c1-18(2)15-17-10-12(19(15)3)9-16-14(21)8-11-5-4-6-13(20)7-11/h4-7,10,20H,8-9H2,1-3H3,(H,16,21). The summed E-state index contributed by atoms with van der Waals surface area (Å²) >= 11 is 0. The summed E-state index contributed by atoms with van der Waals surface area (Å²) in [6.07, 6.45) is 2.00. The molecular weight excluding hydrogens is 268 g/mol. The average molecular weight is 288 g/mol. The van der Waals surface area contributed by atoms with E-state index >= 15 is 0 Å². The molecule has 0 saturated carbocycles. The minimum Gasteiger partial charge on any atom is -0.508 e. The molecule has 0 saturated heterocycles. The Balaban J connectivity index is 1.92. The molecule has 0 fully saturated rings. The zero-order valence-electron chi connectivity index (χ0n) is 12.5. The second-order valence-electron chi connectivity index (χ2n) is 5.13. The lowest BCUT2D eigenvalue weighted by Gasteiger charge is -2.13. The van der Waals surface area contributed by atoms with Crippen molar-refractivity contribution in [3.05, 3.63) is 41.7 Å². The van der Waals surface area contributed by atoms with Crippen LogP contribution in [0.2, 0.25) is 0 Å². The summed E-state index contributed by atoms with van der Waals surface area (Å²) in [6, 6.07) is 6.71. The average Bonchev–Trinajstić information content (AvgIpc) is 2.78. The summed E-state index contributed by atoms with van der Waals surface area (Å²) in [5.74, 6) is 0.919. The van der Waals surface area contributed by atoms with Crippen molar-refractivity contribution in [3.63, 3.8) is 0 Å². The van der Waals surface area contributed by atoms with Gasteiger partial charge in [0.15, 0.2) is 0 Å². The lowest BCUT2D eigenvalue weighted by atomic mass is 10.1. The Morgan fingerprint density at radius 2 is 2.19 bits per heavy atom. The van der Waals surface area contributed by atoms with Crippen molar-refractivity contribution in [2.45, 2.75) is 13.0 Å². The number of aromatic nitrogens is 2. The maximum Gasteiger partial charge on any atom is 0.224 e. The van der Waals surface area contributed by atoms with Gasteiger partial charge in [-0.2, -0.15) is 0 Å². The van der Waals surface area contributed by atoms with Crippen LogP contribution < -0.4 is 10.2 Å². The first-order chi connectivity index (χ1) is 9.97. The van der Waals surface area contributed by atoms with Gasteiger partial charge in [0.2, 0.25) is 11.9 Å². The molecule has 0 spiro atoms. The first-order valence-corrected chi connectivity index (χ1v) is 6.70. The smallest absolute Gasteiger partial charge is 0.224 e. The van der Waals surface area contributed by atoms with Gasteiger partial charge >= 0.3 is 0 Å². The summed E-state index contributed by atoms with van der Waals surface area (Å²) in [4.78, 5) is 18.1. The number of nitrogens with one attached hydrogen (secondary N) is 1. The van der Waals surface area contributed by atoms with Crippen LogP contribution in [-0.4, -0.2) is 34.7 Å². The first-order valence-electron chi connectivity index (χ1n) is 6.70.